The largest absolute Gasteiger partial charge is 0.452 e. The average Bonchev–Trinajstić information content (AvgIpc) is 3.13. The number of benzene rings is 1. The van der Waals surface area contributed by atoms with Gasteiger partial charge in [0.25, 0.3) is 5.91 Å². The van der Waals surface area contributed by atoms with Gasteiger partial charge in [-0.3, -0.25) is 9.48 Å². The zero-order valence-corrected chi connectivity index (χ0v) is 14.7. The molecule has 0 bridgehead atoms. The van der Waals surface area contributed by atoms with Crippen molar-refractivity contribution in [2.24, 2.45) is 0 Å². The van der Waals surface area contributed by atoms with Crippen molar-refractivity contribution >= 4 is 18.0 Å². The van der Waals surface area contributed by atoms with Gasteiger partial charge in [-0.15, -0.1) is 0 Å². The molecule has 1 aromatic heterocycles. The van der Waals surface area contributed by atoms with E-state index in [1.807, 2.05) is 36.5 Å². The molecule has 0 saturated carbocycles. The van der Waals surface area contributed by atoms with Crippen LogP contribution < -0.4 is 0 Å². The van der Waals surface area contributed by atoms with Gasteiger partial charge in [0.15, 0.2) is 6.61 Å². The van der Waals surface area contributed by atoms with Crippen LogP contribution in [0.2, 0.25) is 0 Å². The van der Waals surface area contributed by atoms with Gasteiger partial charge in [-0.25, -0.2) is 4.79 Å². The van der Waals surface area contributed by atoms with Gasteiger partial charge in [0.1, 0.15) is 0 Å². The molecular formula is C20H23N3O3. The first kappa shape index (κ1) is 17.9. The number of nitrogens with zero attached hydrogens (tertiary/aromatic N) is 3. The molecule has 0 atom stereocenters. The van der Waals surface area contributed by atoms with Gasteiger partial charge in [-0.2, -0.15) is 5.10 Å². The second-order valence-corrected chi connectivity index (χ2v) is 6.34. The van der Waals surface area contributed by atoms with Crippen LogP contribution >= 0.6 is 0 Å². The van der Waals surface area contributed by atoms with Crippen LogP contribution in [-0.4, -0.2) is 46.3 Å². The summed E-state index contributed by atoms with van der Waals surface area (Å²) >= 11 is 0. The Morgan fingerprint density at radius 2 is 1.88 bits per heavy atom. The molecule has 1 amide bonds. The molecule has 1 saturated heterocycles. The predicted molar refractivity (Wildman–Crippen MR) is 98.2 cm³/mol. The van der Waals surface area contributed by atoms with Crippen LogP contribution in [-0.2, 0) is 20.9 Å². The molecule has 0 radical (unpaired) electrons. The Morgan fingerprint density at radius 1 is 1.12 bits per heavy atom. The predicted octanol–water partition coefficient (Wildman–Crippen LogP) is 2.50. The van der Waals surface area contributed by atoms with Crippen molar-refractivity contribution in [1.82, 2.24) is 14.7 Å². The summed E-state index contributed by atoms with van der Waals surface area (Å²) in [7, 11) is 0. The van der Waals surface area contributed by atoms with E-state index in [9.17, 15) is 9.59 Å². The third kappa shape index (κ3) is 5.31. The van der Waals surface area contributed by atoms with Crippen LogP contribution in [0.3, 0.4) is 0 Å². The molecule has 1 aliphatic rings. The maximum Gasteiger partial charge on any atom is 0.331 e. The lowest BCUT2D eigenvalue weighted by Crippen LogP contribution is -2.38. The lowest BCUT2D eigenvalue weighted by atomic mass is 10.1. The Labute approximate surface area is 153 Å². The molecule has 0 aliphatic carbocycles. The van der Waals surface area contributed by atoms with Crippen molar-refractivity contribution in [3.63, 3.8) is 0 Å². The van der Waals surface area contributed by atoms with E-state index in [4.69, 9.17) is 4.74 Å². The summed E-state index contributed by atoms with van der Waals surface area (Å²) in [6, 6.07) is 10.0. The summed E-state index contributed by atoms with van der Waals surface area (Å²) in [5, 5.41) is 4.28. The summed E-state index contributed by atoms with van der Waals surface area (Å²) in [5.41, 5.74) is 1.96. The first-order valence-corrected chi connectivity index (χ1v) is 8.90. The molecule has 0 unspecified atom stereocenters. The lowest BCUT2D eigenvalue weighted by Gasteiger charge is -2.26. The summed E-state index contributed by atoms with van der Waals surface area (Å²) in [5.74, 6) is -0.645. The summed E-state index contributed by atoms with van der Waals surface area (Å²) in [4.78, 5) is 25.5. The van der Waals surface area contributed by atoms with Gasteiger partial charge in [-0.05, 0) is 30.9 Å². The van der Waals surface area contributed by atoms with E-state index in [0.29, 0.717) is 6.54 Å². The van der Waals surface area contributed by atoms with Crippen molar-refractivity contribution in [2.75, 3.05) is 19.7 Å². The summed E-state index contributed by atoms with van der Waals surface area (Å²) < 4.78 is 6.84. The number of amides is 1. The number of hydrogen-bond donors (Lipinski definition) is 0. The molecule has 6 nitrogen and oxygen atoms in total. The minimum atomic E-state index is -0.522. The van der Waals surface area contributed by atoms with Crippen molar-refractivity contribution in [3.8, 4) is 0 Å². The molecule has 2 heterocycles. The highest BCUT2D eigenvalue weighted by molar-refractivity contribution is 5.89. The quantitative estimate of drug-likeness (QED) is 0.591. The fourth-order valence-electron chi connectivity index (χ4n) is 2.90. The summed E-state index contributed by atoms with van der Waals surface area (Å²) in [6.45, 7) is 1.99. The molecular weight excluding hydrogens is 330 g/mol. The second-order valence-electron chi connectivity index (χ2n) is 6.34. The van der Waals surface area contributed by atoms with Gasteiger partial charge >= 0.3 is 5.97 Å². The molecule has 6 heteroatoms. The van der Waals surface area contributed by atoms with E-state index in [1.165, 1.54) is 6.08 Å². The topological polar surface area (TPSA) is 64.4 Å². The normalized spacial score (nSPS) is 14.5. The van der Waals surface area contributed by atoms with Crippen LogP contribution in [0, 0.1) is 0 Å². The van der Waals surface area contributed by atoms with E-state index < -0.39 is 5.97 Å². The smallest absolute Gasteiger partial charge is 0.331 e. The van der Waals surface area contributed by atoms with Crippen LogP contribution in [0.1, 0.15) is 30.4 Å². The number of carbonyl (C=O) groups is 2. The molecule has 136 valence electrons. The minimum absolute atomic E-state index is 0.123. The van der Waals surface area contributed by atoms with Crippen molar-refractivity contribution in [1.29, 1.82) is 0 Å². The lowest BCUT2D eigenvalue weighted by molar-refractivity contribution is -0.148. The highest BCUT2D eigenvalue weighted by Crippen LogP contribution is 2.09. The number of esters is 1. The third-order valence-electron chi connectivity index (χ3n) is 4.30. The highest BCUT2D eigenvalue weighted by Gasteiger charge is 2.17. The molecule has 1 aromatic carbocycles. The van der Waals surface area contributed by atoms with E-state index in [0.717, 1.165) is 43.5 Å². The molecule has 1 fully saturated rings. The number of rotatable bonds is 6. The SMILES string of the molecule is O=C(/C=C/c1cnn(Cc2ccccc2)c1)OCC(=O)N1CCCCC1. The standard InChI is InChI=1S/C20H23N3O3/c24-19(22-11-5-2-6-12-22)16-26-20(25)10-9-18-13-21-23(15-18)14-17-7-3-1-4-8-17/h1,3-4,7-10,13,15H,2,5-6,11-12,14,16H2/b10-9+. The number of carbonyl (C=O) groups excluding carboxylic acids is 2. The average molecular weight is 353 g/mol. The zero-order chi connectivity index (χ0) is 18.2. The third-order valence-corrected chi connectivity index (χ3v) is 4.30. The Morgan fingerprint density at radius 3 is 2.65 bits per heavy atom. The Bertz CT molecular complexity index is 762. The molecule has 2 aromatic rings. The van der Waals surface area contributed by atoms with Crippen molar-refractivity contribution in [3.05, 3.63) is 59.9 Å². The zero-order valence-electron chi connectivity index (χ0n) is 14.7. The van der Waals surface area contributed by atoms with Gasteiger partial charge in [-0.1, -0.05) is 30.3 Å². The van der Waals surface area contributed by atoms with Crippen LogP contribution in [0.5, 0.6) is 0 Å². The van der Waals surface area contributed by atoms with E-state index >= 15 is 0 Å². The monoisotopic (exact) mass is 353 g/mol. The molecule has 1 aliphatic heterocycles. The number of piperidine rings is 1. The molecule has 3 rings (SSSR count). The Kier molecular flexibility index (Phi) is 6.19. The summed E-state index contributed by atoms with van der Waals surface area (Å²) in [6.07, 6.45) is 9.71. The van der Waals surface area contributed by atoms with E-state index in [2.05, 4.69) is 5.10 Å². The number of likely N-dealkylation sites (tertiary alicyclic amines) is 1. The second kappa shape index (κ2) is 8.99. The number of aromatic nitrogens is 2. The van der Waals surface area contributed by atoms with E-state index in [1.54, 1.807) is 21.9 Å². The fourth-order valence-corrected chi connectivity index (χ4v) is 2.90. The van der Waals surface area contributed by atoms with Gasteiger partial charge in [0.2, 0.25) is 0 Å². The van der Waals surface area contributed by atoms with Crippen LogP contribution in [0.25, 0.3) is 6.08 Å². The number of ether oxygens (including phenoxy) is 1. The molecule has 26 heavy (non-hydrogen) atoms. The maximum atomic E-state index is 12.0. The molecule has 0 spiro atoms. The van der Waals surface area contributed by atoms with E-state index in [-0.39, 0.29) is 12.5 Å². The maximum absolute atomic E-state index is 12.0. The number of hydrogen-bond acceptors (Lipinski definition) is 4. The van der Waals surface area contributed by atoms with Gasteiger partial charge < -0.3 is 9.64 Å². The minimum Gasteiger partial charge on any atom is -0.452 e. The van der Waals surface area contributed by atoms with Crippen LogP contribution in [0.15, 0.2) is 48.8 Å². The van der Waals surface area contributed by atoms with Crippen molar-refractivity contribution in [2.45, 2.75) is 25.8 Å². The first-order chi connectivity index (χ1) is 12.7. The van der Waals surface area contributed by atoms with Crippen molar-refractivity contribution < 1.29 is 14.3 Å². The molecule has 0 N–H and O–H groups in total. The highest BCUT2D eigenvalue weighted by atomic mass is 16.5. The first-order valence-electron chi connectivity index (χ1n) is 8.90. The van der Waals surface area contributed by atoms with Crippen LogP contribution in [0.4, 0.5) is 0 Å². The Balaban J connectivity index is 1.45. The van der Waals surface area contributed by atoms with Gasteiger partial charge in [0, 0.05) is 30.9 Å². The fraction of sp³-hybridized carbons (Fsp3) is 0.350. The van der Waals surface area contributed by atoms with Gasteiger partial charge in [0.05, 0.1) is 12.7 Å². The Hall–Kier alpha value is -2.89.